The highest BCUT2D eigenvalue weighted by molar-refractivity contribution is 7.91. The number of pyridine rings is 1. The normalized spacial score (nSPS) is 18.1. The van der Waals surface area contributed by atoms with Crippen LogP contribution in [-0.4, -0.2) is 40.6 Å². The summed E-state index contributed by atoms with van der Waals surface area (Å²) in [7, 11) is -3.11. The quantitative estimate of drug-likeness (QED) is 0.467. The molecule has 0 saturated carbocycles. The van der Waals surface area contributed by atoms with E-state index in [9.17, 15) is 13.2 Å². The molecule has 5 rings (SSSR count). The Labute approximate surface area is 198 Å². The molecule has 1 aliphatic rings. The lowest BCUT2D eigenvalue weighted by molar-refractivity contribution is 0.0941. The van der Waals surface area contributed by atoms with Crippen LogP contribution in [0, 0.1) is 6.92 Å². The van der Waals surface area contributed by atoms with Crippen molar-refractivity contribution in [3.05, 3.63) is 83.6 Å². The van der Waals surface area contributed by atoms with Gasteiger partial charge in [-0.2, -0.15) is 5.10 Å². The van der Waals surface area contributed by atoms with Gasteiger partial charge in [-0.05, 0) is 31.9 Å². The Kier molecular flexibility index (Phi) is 5.69. The minimum atomic E-state index is -3.11. The molecule has 0 aliphatic carbocycles. The molecule has 1 aliphatic heterocycles. The van der Waals surface area contributed by atoms with Crippen molar-refractivity contribution in [3.8, 4) is 11.3 Å². The Hall–Kier alpha value is -3.52. The van der Waals surface area contributed by atoms with Gasteiger partial charge in [0.2, 0.25) is 0 Å². The van der Waals surface area contributed by atoms with Gasteiger partial charge in [0.25, 0.3) is 5.91 Å². The van der Waals surface area contributed by atoms with Crippen LogP contribution in [0.5, 0.6) is 0 Å². The van der Waals surface area contributed by atoms with E-state index in [1.54, 1.807) is 10.7 Å². The van der Waals surface area contributed by atoms with E-state index in [2.05, 4.69) is 10.4 Å². The second-order valence-electron chi connectivity index (χ2n) is 8.81. The summed E-state index contributed by atoms with van der Waals surface area (Å²) >= 11 is 0. The van der Waals surface area contributed by atoms with Gasteiger partial charge in [-0.1, -0.05) is 60.7 Å². The van der Waals surface area contributed by atoms with E-state index < -0.39 is 9.84 Å². The van der Waals surface area contributed by atoms with Crippen molar-refractivity contribution in [3.63, 3.8) is 0 Å². The van der Waals surface area contributed by atoms with Crippen molar-refractivity contribution in [2.24, 2.45) is 0 Å². The average Bonchev–Trinajstić information content (AvgIpc) is 3.38. The fourth-order valence-electron chi connectivity index (χ4n) is 4.57. The van der Waals surface area contributed by atoms with Gasteiger partial charge >= 0.3 is 0 Å². The first kappa shape index (κ1) is 22.3. The molecule has 3 heterocycles. The number of fused-ring (bicyclic) bond motifs is 1. The molecule has 1 saturated heterocycles. The Morgan fingerprint density at radius 2 is 1.76 bits per heavy atom. The summed E-state index contributed by atoms with van der Waals surface area (Å²) in [6.45, 7) is 3.78. The molecule has 1 N–H and O–H groups in total. The maximum absolute atomic E-state index is 13.5. The van der Waals surface area contributed by atoms with Crippen LogP contribution in [0.4, 0.5) is 0 Å². The number of carbonyl (C=O) groups is 1. The number of nitrogens with zero attached hydrogens (tertiary/aromatic N) is 3. The minimum Gasteiger partial charge on any atom is -0.345 e. The highest BCUT2D eigenvalue weighted by atomic mass is 32.2. The summed E-state index contributed by atoms with van der Waals surface area (Å²) in [5, 5.41) is 8.42. The van der Waals surface area contributed by atoms with Crippen molar-refractivity contribution < 1.29 is 13.2 Å². The second kappa shape index (κ2) is 8.68. The number of hydrogen-bond donors (Lipinski definition) is 1. The van der Waals surface area contributed by atoms with Gasteiger partial charge in [0.05, 0.1) is 45.9 Å². The zero-order valence-corrected chi connectivity index (χ0v) is 19.9. The molecule has 174 valence electrons. The number of hydrogen-bond acceptors (Lipinski definition) is 5. The van der Waals surface area contributed by atoms with Gasteiger partial charge in [-0.15, -0.1) is 0 Å². The molecular weight excluding hydrogens is 448 g/mol. The van der Waals surface area contributed by atoms with Crippen LogP contribution in [0.15, 0.2) is 66.7 Å². The minimum absolute atomic E-state index is 0.0348. The van der Waals surface area contributed by atoms with Crippen LogP contribution in [-0.2, 0) is 9.84 Å². The largest absolute Gasteiger partial charge is 0.345 e. The molecule has 0 bridgehead atoms. The fraction of sp³-hybridized carbons (Fsp3) is 0.269. The van der Waals surface area contributed by atoms with Crippen LogP contribution in [0.1, 0.15) is 47.0 Å². The van der Waals surface area contributed by atoms with Crippen LogP contribution in [0.25, 0.3) is 22.3 Å². The van der Waals surface area contributed by atoms with Crippen LogP contribution in [0.3, 0.4) is 0 Å². The Morgan fingerprint density at radius 3 is 2.41 bits per heavy atom. The first-order valence-electron chi connectivity index (χ1n) is 11.3. The third kappa shape index (κ3) is 4.21. The maximum atomic E-state index is 13.5. The van der Waals surface area contributed by atoms with Crippen LogP contribution < -0.4 is 5.32 Å². The highest BCUT2D eigenvalue weighted by Crippen LogP contribution is 2.32. The first-order chi connectivity index (χ1) is 16.3. The van der Waals surface area contributed by atoms with Crippen LogP contribution >= 0.6 is 0 Å². The number of sulfone groups is 1. The molecule has 7 nitrogen and oxygen atoms in total. The van der Waals surface area contributed by atoms with Crippen molar-refractivity contribution in [2.45, 2.75) is 32.4 Å². The molecule has 1 amide bonds. The van der Waals surface area contributed by atoms with Gasteiger partial charge in [0, 0.05) is 5.56 Å². The summed E-state index contributed by atoms with van der Waals surface area (Å²) < 4.78 is 26.0. The van der Waals surface area contributed by atoms with Crippen molar-refractivity contribution >= 4 is 26.8 Å². The number of aromatic nitrogens is 3. The SMILES string of the molecule is Cc1nn([C@H]2CCS(=O)(=O)C2)c2nc(-c3ccccc3)cc(C(=O)N[C@@H](C)c3ccccc3)c12. The molecule has 2 aromatic carbocycles. The molecule has 0 radical (unpaired) electrons. The van der Waals surface area contributed by atoms with E-state index >= 15 is 0 Å². The molecule has 2 atom stereocenters. The number of aryl methyl sites for hydroxylation is 1. The lowest BCUT2D eigenvalue weighted by atomic mass is 10.0. The van der Waals surface area contributed by atoms with Crippen molar-refractivity contribution in [1.29, 1.82) is 0 Å². The van der Waals surface area contributed by atoms with E-state index in [1.807, 2.05) is 74.5 Å². The standard InChI is InChI=1S/C26H26N4O3S/c1-17(19-9-5-3-6-10-19)27-26(31)22-15-23(20-11-7-4-8-12-20)28-25-24(22)18(2)29-30(25)21-13-14-34(32,33)16-21/h3-12,15,17,21H,13-14,16H2,1-2H3,(H,27,31)/t17-,21-/m0/s1. The summed E-state index contributed by atoms with van der Waals surface area (Å²) in [5.74, 6) is -0.0478. The zero-order valence-electron chi connectivity index (χ0n) is 19.1. The molecular formula is C26H26N4O3S. The van der Waals surface area contributed by atoms with Gasteiger partial charge in [0.15, 0.2) is 15.5 Å². The van der Waals surface area contributed by atoms with E-state index in [0.717, 1.165) is 11.1 Å². The molecule has 0 unspecified atom stereocenters. The molecule has 2 aromatic heterocycles. The fourth-order valence-corrected chi connectivity index (χ4v) is 6.26. The lowest BCUT2D eigenvalue weighted by Crippen LogP contribution is -2.27. The number of amides is 1. The summed E-state index contributed by atoms with van der Waals surface area (Å²) in [4.78, 5) is 18.4. The van der Waals surface area contributed by atoms with Gasteiger partial charge < -0.3 is 5.32 Å². The van der Waals surface area contributed by atoms with E-state index in [0.29, 0.717) is 34.4 Å². The topological polar surface area (TPSA) is 93.9 Å². The monoisotopic (exact) mass is 474 g/mol. The lowest BCUT2D eigenvalue weighted by Gasteiger charge is -2.16. The molecule has 8 heteroatoms. The Bertz CT molecular complexity index is 1460. The zero-order chi connectivity index (χ0) is 23.9. The first-order valence-corrected chi connectivity index (χ1v) is 13.2. The number of rotatable bonds is 5. The highest BCUT2D eigenvalue weighted by Gasteiger charge is 2.32. The predicted molar refractivity (Wildman–Crippen MR) is 132 cm³/mol. The third-order valence-electron chi connectivity index (χ3n) is 6.35. The number of carbonyl (C=O) groups excluding carboxylic acids is 1. The molecule has 4 aromatic rings. The van der Waals surface area contributed by atoms with E-state index in [4.69, 9.17) is 4.98 Å². The second-order valence-corrected chi connectivity index (χ2v) is 11.0. The third-order valence-corrected chi connectivity index (χ3v) is 8.10. The molecule has 34 heavy (non-hydrogen) atoms. The Morgan fingerprint density at radius 1 is 1.09 bits per heavy atom. The van der Waals surface area contributed by atoms with E-state index in [-0.39, 0.29) is 29.5 Å². The van der Waals surface area contributed by atoms with Crippen LogP contribution in [0.2, 0.25) is 0 Å². The predicted octanol–water partition coefficient (Wildman–Crippen LogP) is 4.26. The smallest absolute Gasteiger partial charge is 0.252 e. The van der Waals surface area contributed by atoms with E-state index in [1.165, 1.54) is 0 Å². The number of nitrogens with one attached hydrogen (secondary N) is 1. The van der Waals surface area contributed by atoms with Gasteiger partial charge in [-0.25, -0.2) is 18.1 Å². The Balaban J connectivity index is 1.63. The summed E-state index contributed by atoms with van der Waals surface area (Å²) in [6.07, 6.45) is 0.488. The maximum Gasteiger partial charge on any atom is 0.252 e. The summed E-state index contributed by atoms with van der Waals surface area (Å²) in [5.41, 5.74) is 4.21. The average molecular weight is 475 g/mol. The molecule has 0 spiro atoms. The van der Waals surface area contributed by atoms with Gasteiger partial charge in [-0.3, -0.25) is 4.79 Å². The molecule has 1 fully saturated rings. The number of benzene rings is 2. The summed E-state index contributed by atoms with van der Waals surface area (Å²) in [6, 6.07) is 20.8. The van der Waals surface area contributed by atoms with Crippen molar-refractivity contribution in [1.82, 2.24) is 20.1 Å². The van der Waals surface area contributed by atoms with Crippen molar-refractivity contribution in [2.75, 3.05) is 11.5 Å². The van der Waals surface area contributed by atoms with Gasteiger partial charge in [0.1, 0.15) is 0 Å².